The van der Waals surface area contributed by atoms with E-state index in [1.165, 1.54) is 0 Å². The van der Waals surface area contributed by atoms with Crippen molar-refractivity contribution < 1.29 is 4.42 Å². The number of benzene rings is 6. The number of anilines is 3. The van der Waals surface area contributed by atoms with Crippen molar-refractivity contribution in [2.24, 2.45) is 9.98 Å². The Bertz CT molecular complexity index is 2290. The summed E-state index contributed by atoms with van der Waals surface area (Å²) in [5.74, 6) is 0.537. The van der Waals surface area contributed by atoms with E-state index in [1.807, 2.05) is 36.4 Å². The van der Waals surface area contributed by atoms with Gasteiger partial charge in [0.05, 0.1) is 5.70 Å². The van der Waals surface area contributed by atoms with Gasteiger partial charge in [-0.05, 0) is 89.6 Å². The van der Waals surface area contributed by atoms with Crippen LogP contribution in [-0.2, 0) is 0 Å². The Hall–Kier alpha value is -6.00. The molecule has 0 fully saturated rings. The molecule has 8 bridgehead atoms. The minimum atomic E-state index is 0.537. The van der Waals surface area contributed by atoms with Crippen LogP contribution in [0.4, 0.5) is 17.1 Å². The number of hydrogen-bond acceptors (Lipinski definition) is 4. The molecule has 1 aromatic heterocycles. The summed E-state index contributed by atoms with van der Waals surface area (Å²) in [4.78, 5) is 11.4. The molecule has 0 unspecified atom stereocenters. The smallest absolute Gasteiger partial charge is 0.159 e. The summed E-state index contributed by atoms with van der Waals surface area (Å²) in [7, 11) is 0. The number of para-hydroxylation sites is 1. The molecule has 4 nitrogen and oxygen atoms in total. The van der Waals surface area contributed by atoms with E-state index in [2.05, 4.69) is 126 Å². The van der Waals surface area contributed by atoms with Crippen molar-refractivity contribution in [3.8, 4) is 22.3 Å². The largest absolute Gasteiger partial charge is 0.456 e. The summed E-state index contributed by atoms with van der Waals surface area (Å²) in [6.45, 7) is 8.10. The lowest BCUT2D eigenvalue weighted by Crippen LogP contribution is -2.10. The quantitative estimate of drug-likeness (QED) is 0.186. The minimum Gasteiger partial charge on any atom is -0.456 e. The van der Waals surface area contributed by atoms with Crippen LogP contribution in [0.1, 0.15) is 11.1 Å². The molecule has 0 saturated heterocycles. The van der Waals surface area contributed by atoms with Crippen molar-refractivity contribution in [3.63, 3.8) is 0 Å². The van der Waals surface area contributed by atoms with E-state index in [4.69, 9.17) is 9.41 Å². The Labute approximate surface area is 255 Å². The van der Waals surface area contributed by atoms with Crippen LogP contribution in [0, 0.1) is 0 Å². The van der Waals surface area contributed by atoms with Gasteiger partial charge in [-0.15, -0.1) is 0 Å². The maximum atomic E-state index is 6.17. The number of hydrogen-bond donors (Lipinski definition) is 0. The molecule has 0 atom stereocenters. The molecule has 0 spiro atoms. The van der Waals surface area contributed by atoms with Gasteiger partial charge in [0, 0.05) is 39.0 Å². The van der Waals surface area contributed by atoms with Gasteiger partial charge in [-0.3, -0.25) is 0 Å². The highest BCUT2D eigenvalue weighted by atomic mass is 16.3. The maximum absolute atomic E-state index is 6.17. The predicted octanol–water partition coefficient (Wildman–Crippen LogP) is 10.8. The first-order chi connectivity index (χ1) is 21.6. The topological polar surface area (TPSA) is 41.1 Å². The number of aliphatic imine (C=N–C) groups is 2. The first kappa shape index (κ1) is 25.7. The first-order valence-corrected chi connectivity index (χ1v) is 14.5. The van der Waals surface area contributed by atoms with Gasteiger partial charge in [-0.2, -0.15) is 0 Å². The third kappa shape index (κ3) is 4.41. The van der Waals surface area contributed by atoms with E-state index in [0.717, 1.165) is 72.4 Å². The highest BCUT2D eigenvalue weighted by Gasteiger charge is 2.18. The van der Waals surface area contributed by atoms with Crippen LogP contribution in [0.5, 0.6) is 0 Å². The molecule has 1 aliphatic heterocycles. The third-order valence-electron chi connectivity index (χ3n) is 8.20. The molecule has 4 heteroatoms. The Kier molecular flexibility index (Phi) is 6.05. The summed E-state index contributed by atoms with van der Waals surface area (Å²) in [5, 5.41) is 2.18. The van der Waals surface area contributed by atoms with E-state index in [-0.39, 0.29) is 0 Å². The van der Waals surface area contributed by atoms with Gasteiger partial charge in [0.25, 0.3) is 0 Å². The molecule has 0 amide bonds. The van der Waals surface area contributed by atoms with E-state index in [0.29, 0.717) is 11.5 Å². The standard InChI is InChI=1S/C40H27N3O/c1-26-27-9-5-10-28(21-27)30-12-7-15-33(23-30)43(35-19-20-39-37(25-35)36-17-3-4-18-38(36)44-39)34-16-8-13-31(24-34)29-11-6-14-32(22-29)40(41-2)42-26/h3-25H,1-2H2/b42-40-. The molecule has 0 saturated carbocycles. The van der Waals surface area contributed by atoms with Crippen LogP contribution in [-0.4, -0.2) is 12.6 Å². The molecule has 6 aromatic carbocycles. The number of nitrogens with zero attached hydrogens (tertiary/aromatic N) is 3. The molecule has 0 radical (unpaired) electrons. The highest BCUT2D eigenvalue weighted by Crippen LogP contribution is 2.41. The third-order valence-corrected chi connectivity index (χ3v) is 8.20. The molecule has 2 heterocycles. The van der Waals surface area contributed by atoms with Crippen molar-refractivity contribution in [2.75, 3.05) is 4.90 Å². The Morgan fingerprint density at radius 1 is 0.500 bits per heavy atom. The second kappa shape index (κ2) is 10.4. The fourth-order valence-electron chi connectivity index (χ4n) is 6.05. The monoisotopic (exact) mass is 565 g/mol. The lowest BCUT2D eigenvalue weighted by Gasteiger charge is -2.27. The van der Waals surface area contributed by atoms with Gasteiger partial charge in [0.1, 0.15) is 11.2 Å². The fourth-order valence-corrected chi connectivity index (χ4v) is 6.05. The average molecular weight is 566 g/mol. The Balaban J connectivity index is 1.40. The van der Waals surface area contributed by atoms with Crippen LogP contribution in [0.3, 0.4) is 0 Å². The van der Waals surface area contributed by atoms with Gasteiger partial charge in [-0.25, -0.2) is 9.98 Å². The minimum absolute atomic E-state index is 0.537. The fraction of sp³-hybridized carbons (Fsp3) is 0. The highest BCUT2D eigenvalue weighted by molar-refractivity contribution is 6.07. The van der Waals surface area contributed by atoms with Crippen molar-refractivity contribution >= 4 is 57.3 Å². The molecule has 1 aliphatic rings. The van der Waals surface area contributed by atoms with Crippen LogP contribution in [0.2, 0.25) is 0 Å². The van der Waals surface area contributed by atoms with Gasteiger partial charge in [0.2, 0.25) is 0 Å². The van der Waals surface area contributed by atoms with Crippen molar-refractivity contribution in [2.45, 2.75) is 0 Å². The lowest BCUT2D eigenvalue weighted by molar-refractivity contribution is 0.669. The molecule has 44 heavy (non-hydrogen) atoms. The predicted molar refractivity (Wildman–Crippen MR) is 184 cm³/mol. The van der Waals surface area contributed by atoms with Gasteiger partial charge < -0.3 is 9.32 Å². The average Bonchev–Trinajstić information content (AvgIpc) is 3.45. The van der Waals surface area contributed by atoms with Crippen LogP contribution < -0.4 is 4.90 Å². The Morgan fingerprint density at radius 2 is 1.05 bits per heavy atom. The number of fused-ring (bicyclic) bond motifs is 13. The van der Waals surface area contributed by atoms with Crippen LogP contribution in [0.15, 0.2) is 161 Å². The van der Waals surface area contributed by atoms with E-state index in [9.17, 15) is 0 Å². The second-order valence-corrected chi connectivity index (χ2v) is 10.9. The van der Waals surface area contributed by atoms with E-state index >= 15 is 0 Å². The van der Waals surface area contributed by atoms with E-state index in [1.54, 1.807) is 0 Å². The summed E-state index contributed by atoms with van der Waals surface area (Å²) >= 11 is 0. The second-order valence-electron chi connectivity index (χ2n) is 10.9. The summed E-state index contributed by atoms with van der Waals surface area (Å²) in [6, 6.07) is 48.5. The number of rotatable bonds is 1. The molecular formula is C40H27N3O. The zero-order chi connectivity index (χ0) is 29.6. The first-order valence-electron chi connectivity index (χ1n) is 14.5. The normalized spacial score (nSPS) is 14.0. The van der Waals surface area contributed by atoms with Crippen molar-refractivity contribution in [3.05, 3.63) is 157 Å². The van der Waals surface area contributed by atoms with Crippen molar-refractivity contribution in [1.82, 2.24) is 0 Å². The summed E-state index contributed by atoms with van der Waals surface area (Å²) in [6.07, 6.45) is 0. The van der Waals surface area contributed by atoms with Gasteiger partial charge in [-0.1, -0.05) is 85.4 Å². The van der Waals surface area contributed by atoms with E-state index < -0.39 is 0 Å². The molecular weight excluding hydrogens is 538 g/mol. The van der Waals surface area contributed by atoms with Crippen LogP contribution >= 0.6 is 0 Å². The van der Waals surface area contributed by atoms with Crippen LogP contribution in [0.25, 0.3) is 49.9 Å². The zero-order valence-electron chi connectivity index (χ0n) is 23.9. The summed E-state index contributed by atoms with van der Waals surface area (Å²) in [5.41, 5.74) is 11.6. The molecule has 208 valence electrons. The van der Waals surface area contributed by atoms with Crippen molar-refractivity contribution in [1.29, 1.82) is 0 Å². The molecule has 8 rings (SSSR count). The van der Waals surface area contributed by atoms with Gasteiger partial charge >= 0.3 is 0 Å². The SMILES string of the molecule is C=N/C1=N\C(=C)c2cccc(c2)-c2cccc(c2)N(c2ccc3oc4ccccc4c3c2)c2cccc(c2)-c2cccc1c2. The van der Waals surface area contributed by atoms with Gasteiger partial charge in [0.15, 0.2) is 5.84 Å². The maximum Gasteiger partial charge on any atom is 0.159 e. The lowest BCUT2D eigenvalue weighted by atomic mass is 9.99. The molecule has 7 aromatic rings. The zero-order valence-corrected chi connectivity index (χ0v) is 23.9. The molecule has 0 aliphatic carbocycles. The molecule has 0 N–H and O–H groups in total. The number of amidine groups is 1. The Morgan fingerprint density at radius 3 is 1.75 bits per heavy atom. The summed E-state index contributed by atoms with van der Waals surface area (Å²) < 4.78 is 6.17. The number of furan rings is 1.